The van der Waals surface area contributed by atoms with Crippen molar-refractivity contribution in [1.82, 2.24) is 5.32 Å². The number of amides is 2. The molecule has 2 atom stereocenters. The van der Waals surface area contributed by atoms with Crippen LogP contribution in [0.25, 0.3) is 0 Å². The van der Waals surface area contributed by atoms with E-state index in [1.165, 1.54) is 11.9 Å². The summed E-state index contributed by atoms with van der Waals surface area (Å²) in [6.45, 7) is 3.28. The van der Waals surface area contributed by atoms with Crippen LogP contribution in [0.15, 0.2) is 65.8 Å². The molecule has 5 nitrogen and oxygen atoms in total. The van der Waals surface area contributed by atoms with Gasteiger partial charge in [-0.3, -0.25) is 9.59 Å². The Morgan fingerprint density at radius 3 is 2.25 bits per heavy atom. The zero-order chi connectivity index (χ0) is 17.1. The number of hydrazone groups is 1. The lowest BCUT2D eigenvalue weighted by Crippen LogP contribution is -2.39. The molecular formula is C19H19N3O2. The van der Waals surface area contributed by atoms with E-state index in [4.69, 9.17) is 0 Å². The van der Waals surface area contributed by atoms with Gasteiger partial charge < -0.3 is 5.32 Å². The highest BCUT2D eigenvalue weighted by Crippen LogP contribution is 2.32. The molecule has 0 aromatic heterocycles. The maximum atomic E-state index is 13.0. The number of hydrogen-bond donors (Lipinski definition) is 1. The lowest BCUT2D eigenvalue weighted by molar-refractivity contribution is -0.122. The fourth-order valence-corrected chi connectivity index (χ4v) is 2.96. The molecule has 1 aliphatic rings. The van der Waals surface area contributed by atoms with Crippen molar-refractivity contribution in [2.75, 3.05) is 5.01 Å². The first-order chi connectivity index (χ1) is 11.6. The number of para-hydroxylation sites is 1. The highest BCUT2D eigenvalue weighted by molar-refractivity contribution is 6.15. The number of carbonyl (C=O) groups is 2. The molecule has 3 rings (SSSR count). The fraction of sp³-hybridized carbons (Fsp3) is 0.211. The van der Waals surface area contributed by atoms with E-state index >= 15 is 0 Å². The van der Waals surface area contributed by atoms with Gasteiger partial charge in [0.2, 0.25) is 5.91 Å². The Bertz CT molecular complexity index is 772. The van der Waals surface area contributed by atoms with Crippen LogP contribution in [0, 0.1) is 5.92 Å². The minimum atomic E-state index is -0.517. The normalized spacial score (nSPS) is 18.2. The third kappa shape index (κ3) is 3.06. The number of carbonyl (C=O) groups excluding carboxylic acids is 2. The standard InChI is InChI=1S/C19H19N3O2/c1-13-17(18(20-14(2)23)15-9-5-3-6-10-15)19(24)22(21-13)16-11-7-4-8-12-16/h3-12,17-18H,1-2H3,(H,20,23)/t17-,18+/m1/s1. The molecule has 0 unspecified atom stereocenters. The van der Waals surface area contributed by atoms with E-state index in [1.807, 2.05) is 67.6 Å². The zero-order valence-electron chi connectivity index (χ0n) is 13.6. The molecule has 0 fully saturated rings. The Labute approximate surface area is 141 Å². The average molecular weight is 321 g/mol. The molecule has 24 heavy (non-hydrogen) atoms. The Balaban J connectivity index is 1.96. The fourth-order valence-electron chi connectivity index (χ4n) is 2.96. The van der Waals surface area contributed by atoms with Crippen molar-refractivity contribution in [3.05, 3.63) is 66.2 Å². The molecule has 0 spiro atoms. The van der Waals surface area contributed by atoms with Crippen molar-refractivity contribution in [2.45, 2.75) is 19.9 Å². The van der Waals surface area contributed by atoms with Crippen LogP contribution >= 0.6 is 0 Å². The quantitative estimate of drug-likeness (QED) is 0.941. The van der Waals surface area contributed by atoms with Gasteiger partial charge in [-0.1, -0.05) is 48.5 Å². The minimum Gasteiger partial charge on any atom is -0.348 e. The minimum absolute atomic E-state index is 0.138. The number of anilines is 1. The van der Waals surface area contributed by atoms with Gasteiger partial charge in [0.05, 0.1) is 17.4 Å². The van der Waals surface area contributed by atoms with Gasteiger partial charge in [0, 0.05) is 6.92 Å². The van der Waals surface area contributed by atoms with Gasteiger partial charge in [-0.2, -0.15) is 5.10 Å². The van der Waals surface area contributed by atoms with Gasteiger partial charge in [-0.25, -0.2) is 5.01 Å². The van der Waals surface area contributed by atoms with Crippen molar-refractivity contribution in [2.24, 2.45) is 11.0 Å². The predicted molar refractivity (Wildman–Crippen MR) is 93.5 cm³/mol. The van der Waals surface area contributed by atoms with Crippen molar-refractivity contribution < 1.29 is 9.59 Å². The summed E-state index contributed by atoms with van der Waals surface area (Å²) in [7, 11) is 0. The predicted octanol–water partition coefficient (Wildman–Crippen LogP) is 2.90. The maximum absolute atomic E-state index is 13.0. The van der Waals surface area contributed by atoms with Crippen LogP contribution in [0.3, 0.4) is 0 Å². The lowest BCUT2D eigenvalue weighted by Gasteiger charge is -2.24. The second kappa shape index (κ2) is 6.66. The number of hydrogen-bond acceptors (Lipinski definition) is 3. The van der Waals surface area contributed by atoms with Gasteiger partial charge >= 0.3 is 0 Å². The molecule has 2 amide bonds. The van der Waals surface area contributed by atoms with Crippen molar-refractivity contribution in [3.8, 4) is 0 Å². The van der Waals surface area contributed by atoms with Crippen LogP contribution in [0.4, 0.5) is 5.69 Å². The van der Waals surface area contributed by atoms with Crippen molar-refractivity contribution >= 4 is 23.2 Å². The second-order valence-electron chi connectivity index (χ2n) is 5.79. The van der Waals surface area contributed by atoms with Gasteiger partial charge in [0.25, 0.3) is 5.91 Å². The molecule has 1 heterocycles. The summed E-state index contributed by atoms with van der Waals surface area (Å²) in [5.74, 6) is -0.833. The molecule has 0 radical (unpaired) electrons. The summed E-state index contributed by atoms with van der Waals surface area (Å²) in [5.41, 5.74) is 2.29. The molecule has 1 aliphatic heterocycles. The van der Waals surface area contributed by atoms with E-state index in [9.17, 15) is 9.59 Å². The van der Waals surface area contributed by atoms with Crippen LogP contribution < -0.4 is 10.3 Å². The number of rotatable bonds is 4. The number of nitrogens with one attached hydrogen (secondary N) is 1. The molecule has 5 heteroatoms. The molecular weight excluding hydrogens is 302 g/mol. The first-order valence-corrected chi connectivity index (χ1v) is 7.84. The summed E-state index contributed by atoms with van der Waals surface area (Å²) in [6.07, 6.45) is 0. The largest absolute Gasteiger partial charge is 0.348 e. The molecule has 0 aliphatic carbocycles. The molecule has 2 aromatic rings. The Morgan fingerprint density at radius 2 is 1.67 bits per heavy atom. The second-order valence-corrected chi connectivity index (χ2v) is 5.79. The Morgan fingerprint density at radius 1 is 1.08 bits per heavy atom. The summed E-state index contributed by atoms with van der Waals surface area (Å²) < 4.78 is 0. The van der Waals surface area contributed by atoms with E-state index in [0.29, 0.717) is 5.71 Å². The molecule has 0 saturated heterocycles. The third-order valence-electron chi connectivity index (χ3n) is 4.03. The highest BCUT2D eigenvalue weighted by Gasteiger charge is 2.41. The van der Waals surface area contributed by atoms with E-state index in [-0.39, 0.29) is 11.8 Å². The van der Waals surface area contributed by atoms with Gasteiger partial charge in [0.15, 0.2) is 0 Å². The Kier molecular flexibility index (Phi) is 4.42. The summed E-state index contributed by atoms with van der Waals surface area (Å²) in [4.78, 5) is 24.6. The van der Waals surface area contributed by atoms with E-state index in [0.717, 1.165) is 11.3 Å². The van der Waals surface area contributed by atoms with Crippen LogP contribution in [-0.2, 0) is 9.59 Å². The smallest absolute Gasteiger partial charge is 0.258 e. The number of nitrogens with zero attached hydrogens (tertiary/aromatic N) is 2. The molecule has 2 aromatic carbocycles. The number of benzene rings is 2. The SMILES string of the molecule is CC(=O)N[C@@H](c1ccccc1)[C@@H]1C(=O)N(c2ccccc2)N=C1C. The van der Waals surface area contributed by atoms with Crippen molar-refractivity contribution in [3.63, 3.8) is 0 Å². The summed E-state index contributed by atoms with van der Waals surface area (Å²) in [6, 6.07) is 18.4. The molecule has 0 bridgehead atoms. The van der Waals surface area contributed by atoms with Crippen LogP contribution in [0.1, 0.15) is 25.5 Å². The summed E-state index contributed by atoms with van der Waals surface area (Å²) in [5, 5.41) is 8.74. The van der Waals surface area contributed by atoms with Crippen molar-refractivity contribution in [1.29, 1.82) is 0 Å². The topological polar surface area (TPSA) is 61.8 Å². The van der Waals surface area contributed by atoms with Gasteiger partial charge in [-0.15, -0.1) is 0 Å². The average Bonchev–Trinajstić information content (AvgIpc) is 2.89. The lowest BCUT2D eigenvalue weighted by atomic mass is 9.89. The first kappa shape index (κ1) is 15.9. The molecule has 122 valence electrons. The molecule has 1 N–H and O–H groups in total. The van der Waals surface area contributed by atoms with Crippen LogP contribution in [-0.4, -0.2) is 17.5 Å². The summed E-state index contributed by atoms with van der Waals surface area (Å²) >= 11 is 0. The zero-order valence-corrected chi connectivity index (χ0v) is 13.6. The monoisotopic (exact) mass is 321 g/mol. The van der Waals surface area contributed by atoms with Gasteiger partial charge in [-0.05, 0) is 24.6 Å². The maximum Gasteiger partial charge on any atom is 0.258 e. The third-order valence-corrected chi connectivity index (χ3v) is 4.03. The van der Waals surface area contributed by atoms with E-state index in [1.54, 1.807) is 0 Å². The highest BCUT2D eigenvalue weighted by atomic mass is 16.2. The van der Waals surface area contributed by atoms with Crippen LogP contribution in [0.2, 0.25) is 0 Å². The van der Waals surface area contributed by atoms with E-state index in [2.05, 4.69) is 10.4 Å². The van der Waals surface area contributed by atoms with Crippen LogP contribution in [0.5, 0.6) is 0 Å². The van der Waals surface area contributed by atoms with E-state index < -0.39 is 12.0 Å². The molecule has 0 saturated carbocycles. The first-order valence-electron chi connectivity index (χ1n) is 7.84. The van der Waals surface area contributed by atoms with Gasteiger partial charge in [0.1, 0.15) is 5.92 Å². The Hall–Kier alpha value is -2.95.